The normalized spacial score (nSPS) is 10.5. The third-order valence-corrected chi connectivity index (χ3v) is 3.49. The number of carbonyl (C=O) groups is 1. The van der Waals surface area contributed by atoms with Crippen LogP contribution in [0.3, 0.4) is 0 Å². The van der Waals surface area contributed by atoms with Gasteiger partial charge in [0, 0.05) is 25.9 Å². The molecule has 0 bridgehead atoms. The Balaban J connectivity index is 1.91. The molecule has 19 heavy (non-hydrogen) atoms. The molecule has 2 amide bonds. The SMILES string of the molecule is CCc1nnc(NC(=O)N(C)Cc2cnn(C)c2)s1. The first-order chi connectivity index (χ1) is 9.08. The Kier molecular flexibility index (Phi) is 4.10. The highest BCUT2D eigenvalue weighted by Crippen LogP contribution is 2.16. The number of amides is 2. The molecule has 0 spiro atoms. The minimum Gasteiger partial charge on any atom is -0.323 e. The third kappa shape index (κ3) is 3.50. The van der Waals surface area contributed by atoms with Crippen molar-refractivity contribution >= 4 is 22.5 Å². The van der Waals surface area contributed by atoms with E-state index in [0.29, 0.717) is 11.7 Å². The van der Waals surface area contributed by atoms with Gasteiger partial charge in [0.15, 0.2) is 0 Å². The molecule has 1 N–H and O–H groups in total. The van der Waals surface area contributed by atoms with Gasteiger partial charge in [0.25, 0.3) is 0 Å². The van der Waals surface area contributed by atoms with Gasteiger partial charge in [-0.25, -0.2) is 4.79 Å². The fourth-order valence-corrected chi connectivity index (χ4v) is 2.20. The summed E-state index contributed by atoms with van der Waals surface area (Å²) in [6, 6.07) is -0.206. The van der Waals surface area contributed by atoms with E-state index in [1.165, 1.54) is 11.3 Å². The van der Waals surface area contributed by atoms with Gasteiger partial charge in [-0.1, -0.05) is 18.3 Å². The van der Waals surface area contributed by atoms with Crippen LogP contribution in [0.2, 0.25) is 0 Å². The monoisotopic (exact) mass is 280 g/mol. The van der Waals surface area contributed by atoms with E-state index in [0.717, 1.165) is 17.0 Å². The average molecular weight is 280 g/mol. The molecule has 0 aliphatic heterocycles. The van der Waals surface area contributed by atoms with E-state index in [9.17, 15) is 4.79 Å². The minimum atomic E-state index is -0.206. The molecule has 8 heteroatoms. The molecule has 0 aliphatic rings. The number of urea groups is 1. The van der Waals surface area contributed by atoms with Crippen LogP contribution in [0.4, 0.5) is 9.93 Å². The first-order valence-electron chi connectivity index (χ1n) is 5.90. The number of rotatable bonds is 4. The van der Waals surface area contributed by atoms with Gasteiger partial charge in [-0.15, -0.1) is 10.2 Å². The van der Waals surface area contributed by atoms with Crippen LogP contribution in [0.15, 0.2) is 12.4 Å². The van der Waals surface area contributed by atoms with Crippen LogP contribution in [0.5, 0.6) is 0 Å². The van der Waals surface area contributed by atoms with Crippen molar-refractivity contribution in [2.75, 3.05) is 12.4 Å². The lowest BCUT2D eigenvalue weighted by Gasteiger charge is -2.15. The fourth-order valence-electron chi connectivity index (χ4n) is 1.53. The van der Waals surface area contributed by atoms with Crippen LogP contribution in [0.1, 0.15) is 17.5 Å². The summed E-state index contributed by atoms with van der Waals surface area (Å²) in [4.78, 5) is 13.5. The van der Waals surface area contributed by atoms with Crippen molar-refractivity contribution in [3.8, 4) is 0 Å². The van der Waals surface area contributed by atoms with Gasteiger partial charge in [0.1, 0.15) is 5.01 Å². The molecule has 7 nitrogen and oxygen atoms in total. The molecule has 0 aromatic carbocycles. The minimum absolute atomic E-state index is 0.206. The van der Waals surface area contributed by atoms with Gasteiger partial charge < -0.3 is 4.90 Å². The molecule has 0 radical (unpaired) electrons. The van der Waals surface area contributed by atoms with E-state index in [1.54, 1.807) is 22.8 Å². The molecule has 2 aromatic heterocycles. The quantitative estimate of drug-likeness (QED) is 0.920. The molecular formula is C11H16N6OS. The van der Waals surface area contributed by atoms with Gasteiger partial charge in [-0.3, -0.25) is 10.00 Å². The van der Waals surface area contributed by atoms with Crippen LogP contribution < -0.4 is 5.32 Å². The van der Waals surface area contributed by atoms with E-state index < -0.39 is 0 Å². The standard InChI is InChI=1S/C11H16N6OS/c1-4-9-14-15-10(19-9)13-11(18)16(2)6-8-5-12-17(3)7-8/h5,7H,4,6H2,1-3H3,(H,13,15,18). The zero-order valence-corrected chi connectivity index (χ0v) is 11.9. The van der Waals surface area contributed by atoms with Crippen LogP contribution in [0.25, 0.3) is 0 Å². The van der Waals surface area contributed by atoms with E-state index in [4.69, 9.17) is 0 Å². The van der Waals surface area contributed by atoms with Crippen molar-refractivity contribution in [3.63, 3.8) is 0 Å². The summed E-state index contributed by atoms with van der Waals surface area (Å²) in [6.45, 7) is 2.50. The van der Waals surface area contributed by atoms with Crippen molar-refractivity contribution in [1.82, 2.24) is 24.9 Å². The van der Waals surface area contributed by atoms with E-state index >= 15 is 0 Å². The van der Waals surface area contributed by atoms with E-state index in [2.05, 4.69) is 20.6 Å². The van der Waals surface area contributed by atoms with E-state index in [1.807, 2.05) is 20.2 Å². The Morgan fingerprint density at radius 3 is 2.89 bits per heavy atom. The second kappa shape index (κ2) is 5.79. The fraction of sp³-hybridized carbons (Fsp3) is 0.455. The number of aromatic nitrogens is 4. The second-order valence-corrected chi connectivity index (χ2v) is 5.23. The van der Waals surface area contributed by atoms with Crippen molar-refractivity contribution in [2.45, 2.75) is 19.9 Å². The second-order valence-electron chi connectivity index (χ2n) is 4.16. The zero-order valence-electron chi connectivity index (χ0n) is 11.1. The number of nitrogens with one attached hydrogen (secondary N) is 1. The van der Waals surface area contributed by atoms with Crippen molar-refractivity contribution < 1.29 is 4.79 Å². The maximum absolute atomic E-state index is 11.9. The number of aryl methyl sites for hydroxylation is 2. The Morgan fingerprint density at radius 1 is 1.53 bits per heavy atom. The maximum Gasteiger partial charge on any atom is 0.323 e. The molecular weight excluding hydrogens is 264 g/mol. The van der Waals surface area contributed by atoms with Crippen molar-refractivity contribution in [3.05, 3.63) is 23.0 Å². The number of anilines is 1. The molecule has 0 fully saturated rings. The summed E-state index contributed by atoms with van der Waals surface area (Å²) in [5, 5.41) is 16.1. The van der Waals surface area contributed by atoms with Crippen molar-refractivity contribution in [1.29, 1.82) is 0 Å². The molecule has 0 saturated heterocycles. The number of hydrogen-bond donors (Lipinski definition) is 1. The highest BCUT2D eigenvalue weighted by atomic mass is 32.1. The van der Waals surface area contributed by atoms with E-state index in [-0.39, 0.29) is 6.03 Å². The highest BCUT2D eigenvalue weighted by Gasteiger charge is 2.12. The first kappa shape index (κ1) is 13.5. The molecule has 2 aromatic rings. The topological polar surface area (TPSA) is 75.9 Å². The maximum atomic E-state index is 11.9. The number of nitrogens with zero attached hydrogens (tertiary/aromatic N) is 5. The van der Waals surface area contributed by atoms with Crippen molar-refractivity contribution in [2.24, 2.45) is 7.05 Å². The molecule has 0 atom stereocenters. The Bertz CT molecular complexity index is 563. The summed E-state index contributed by atoms with van der Waals surface area (Å²) in [6.07, 6.45) is 4.44. The molecule has 0 saturated carbocycles. The summed E-state index contributed by atoms with van der Waals surface area (Å²) in [7, 11) is 3.57. The predicted molar refractivity (Wildman–Crippen MR) is 73.0 cm³/mol. The van der Waals surface area contributed by atoms with Gasteiger partial charge in [-0.2, -0.15) is 5.10 Å². The molecule has 0 aliphatic carbocycles. The Morgan fingerprint density at radius 2 is 2.32 bits per heavy atom. The third-order valence-electron chi connectivity index (χ3n) is 2.51. The predicted octanol–water partition coefficient (Wildman–Crippen LogP) is 1.50. The summed E-state index contributed by atoms with van der Waals surface area (Å²) < 4.78 is 1.71. The molecule has 2 rings (SSSR count). The number of carbonyl (C=O) groups excluding carboxylic acids is 1. The van der Waals surface area contributed by atoms with Crippen LogP contribution in [0, 0.1) is 0 Å². The van der Waals surface area contributed by atoms with Gasteiger partial charge in [-0.05, 0) is 6.42 Å². The first-order valence-corrected chi connectivity index (χ1v) is 6.72. The molecule has 2 heterocycles. The van der Waals surface area contributed by atoms with Crippen LogP contribution >= 0.6 is 11.3 Å². The van der Waals surface area contributed by atoms with Gasteiger partial charge >= 0.3 is 6.03 Å². The molecule has 0 unspecified atom stereocenters. The van der Waals surface area contributed by atoms with Gasteiger partial charge in [0.2, 0.25) is 5.13 Å². The lowest BCUT2D eigenvalue weighted by atomic mass is 10.3. The lowest BCUT2D eigenvalue weighted by molar-refractivity contribution is 0.220. The number of hydrogen-bond acceptors (Lipinski definition) is 5. The Hall–Kier alpha value is -1.96. The average Bonchev–Trinajstić information content (AvgIpc) is 2.98. The summed E-state index contributed by atoms with van der Waals surface area (Å²) in [5.74, 6) is 0. The summed E-state index contributed by atoms with van der Waals surface area (Å²) in [5.41, 5.74) is 0.978. The summed E-state index contributed by atoms with van der Waals surface area (Å²) >= 11 is 1.39. The Labute approximate surface area is 115 Å². The zero-order chi connectivity index (χ0) is 13.8. The lowest BCUT2D eigenvalue weighted by Crippen LogP contribution is -2.30. The molecule has 102 valence electrons. The smallest absolute Gasteiger partial charge is 0.323 e. The largest absolute Gasteiger partial charge is 0.323 e. The van der Waals surface area contributed by atoms with Crippen LogP contribution in [-0.2, 0) is 20.0 Å². The highest BCUT2D eigenvalue weighted by molar-refractivity contribution is 7.15. The van der Waals surface area contributed by atoms with Gasteiger partial charge in [0.05, 0.1) is 12.7 Å². The van der Waals surface area contributed by atoms with Crippen LogP contribution in [-0.4, -0.2) is 38.0 Å².